The van der Waals surface area contributed by atoms with Gasteiger partial charge in [0.05, 0.1) is 5.25 Å². The Labute approximate surface area is 242 Å². The second kappa shape index (κ2) is 13.5. The van der Waals surface area contributed by atoms with Gasteiger partial charge in [-0.15, -0.1) is 0 Å². The minimum absolute atomic E-state index is 0.0809. The van der Waals surface area contributed by atoms with Crippen LogP contribution < -0.4 is 16.0 Å². The highest BCUT2D eigenvalue weighted by Gasteiger charge is 2.48. The minimum atomic E-state index is -0.911. The smallest absolute Gasteiger partial charge is 0.327 e. The number of carbonyl (C=O) groups excluding carboxylic acids is 5. The first kappa shape index (κ1) is 33.1. The van der Waals surface area contributed by atoms with Crippen LogP contribution in [0.4, 0.5) is 10.6 Å². The Bertz CT molecular complexity index is 1090. The van der Waals surface area contributed by atoms with Crippen molar-refractivity contribution >= 4 is 48.1 Å². The zero-order valence-corrected chi connectivity index (χ0v) is 25.7. The summed E-state index contributed by atoms with van der Waals surface area (Å²) in [6.07, 6.45) is 2.59. The van der Waals surface area contributed by atoms with Gasteiger partial charge in [0.15, 0.2) is 0 Å². The number of carbonyl (C=O) groups is 5. The first-order valence-electron chi connectivity index (χ1n) is 13.6. The molecule has 0 aromatic carbocycles. The van der Waals surface area contributed by atoms with E-state index in [1.165, 1.54) is 9.80 Å². The van der Waals surface area contributed by atoms with Crippen LogP contribution in [0.25, 0.3) is 0 Å². The number of hydrogen-bond acceptors (Lipinski definition) is 7. The maximum atomic E-state index is 13.4. The molecule has 3 atom stereocenters. The molecule has 1 aliphatic rings. The summed E-state index contributed by atoms with van der Waals surface area (Å²) in [6.45, 7) is 12.9. The molecule has 11 nitrogen and oxygen atoms in total. The van der Waals surface area contributed by atoms with E-state index in [4.69, 9.17) is 0 Å². The van der Waals surface area contributed by atoms with E-state index in [2.05, 4.69) is 33.6 Å². The van der Waals surface area contributed by atoms with E-state index in [1.54, 1.807) is 45.3 Å². The van der Waals surface area contributed by atoms with E-state index >= 15 is 0 Å². The number of nitrogens with zero attached hydrogens (tertiary/aromatic N) is 3. The monoisotopic (exact) mass is 576 g/mol. The number of imide groups is 1. The maximum Gasteiger partial charge on any atom is 0.327 e. The summed E-state index contributed by atoms with van der Waals surface area (Å²) >= 11 is 4.42. The lowest BCUT2D eigenvalue weighted by molar-refractivity contribution is -0.132. The molecule has 6 amide bonds. The van der Waals surface area contributed by atoms with Crippen LogP contribution in [-0.2, 0) is 19.2 Å². The summed E-state index contributed by atoms with van der Waals surface area (Å²) in [5.41, 5.74) is -1.54. The lowest BCUT2D eigenvalue weighted by atomic mass is 9.85. The van der Waals surface area contributed by atoms with Crippen LogP contribution >= 0.6 is 12.6 Å². The standard InChI is InChI=1S/C28H44N6O5S/c1-17(2)16-18(22(35)32-21(27(3,4)5)24(37)31-20-13-9-10-14-29-20)30-23(36)19(40)12-11-15-34-25(38)28(6,7)33(8)26(34)39/h9-10,13-14,17-19,21,40H,11-12,15-16H2,1-8H3,(H,30,36)(H,32,35)(H,29,31,37)/t18-,19-,21+/m0/s1. The highest BCUT2D eigenvalue weighted by Crippen LogP contribution is 2.26. The third kappa shape index (κ3) is 8.42. The Morgan fingerprint density at radius 1 is 1.05 bits per heavy atom. The molecule has 1 fully saturated rings. The van der Waals surface area contributed by atoms with Crippen LogP contribution in [0.2, 0.25) is 0 Å². The molecule has 2 rings (SSSR count). The summed E-state index contributed by atoms with van der Waals surface area (Å²) in [6, 6.07) is 2.99. The van der Waals surface area contributed by atoms with Crippen LogP contribution in [0.1, 0.15) is 67.7 Å². The van der Waals surface area contributed by atoms with Crippen molar-refractivity contribution < 1.29 is 24.0 Å². The summed E-state index contributed by atoms with van der Waals surface area (Å²) in [5, 5.41) is 7.58. The highest BCUT2D eigenvalue weighted by molar-refractivity contribution is 7.81. The van der Waals surface area contributed by atoms with Crippen LogP contribution in [0, 0.1) is 11.3 Å². The first-order chi connectivity index (χ1) is 18.5. The first-order valence-corrected chi connectivity index (χ1v) is 14.1. The van der Waals surface area contributed by atoms with Gasteiger partial charge in [0.2, 0.25) is 17.7 Å². The third-order valence-corrected chi connectivity index (χ3v) is 7.45. The van der Waals surface area contributed by atoms with Gasteiger partial charge >= 0.3 is 6.03 Å². The molecule has 1 saturated heterocycles. The van der Waals surface area contributed by atoms with Crippen molar-refractivity contribution in [3.63, 3.8) is 0 Å². The van der Waals surface area contributed by atoms with Crippen molar-refractivity contribution in [1.29, 1.82) is 0 Å². The van der Waals surface area contributed by atoms with E-state index in [-0.39, 0.29) is 24.4 Å². The Kier molecular flexibility index (Phi) is 11.1. The van der Waals surface area contributed by atoms with Gasteiger partial charge in [-0.2, -0.15) is 12.6 Å². The molecule has 222 valence electrons. The van der Waals surface area contributed by atoms with Crippen molar-refractivity contribution in [2.75, 3.05) is 18.9 Å². The van der Waals surface area contributed by atoms with Crippen LogP contribution in [0.15, 0.2) is 24.4 Å². The molecule has 1 aliphatic heterocycles. The SMILES string of the molecule is CC(C)C[C@H](NC(=O)[C@@H](S)CCCN1C(=O)N(C)C(C)(C)C1=O)C(=O)N[C@H](C(=O)Nc1ccccn1)C(C)(C)C. The molecular formula is C28H44N6O5S. The third-order valence-electron chi connectivity index (χ3n) is 6.96. The number of pyridine rings is 1. The average molecular weight is 577 g/mol. The van der Waals surface area contributed by atoms with Crippen molar-refractivity contribution in [3.05, 3.63) is 24.4 Å². The highest BCUT2D eigenvalue weighted by atomic mass is 32.1. The fraction of sp³-hybridized carbons (Fsp3) is 0.643. The number of thiol groups is 1. The van der Waals surface area contributed by atoms with Gasteiger partial charge in [-0.3, -0.25) is 24.1 Å². The lowest BCUT2D eigenvalue weighted by Gasteiger charge is -2.32. The Morgan fingerprint density at radius 3 is 2.20 bits per heavy atom. The van der Waals surface area contributed by atoms with Gasteiger partial charge in [0, 0.05) is 19.8 Å². The molecule has 0 spiro atoms. The van der Waals surface area contributed by atoms with Crippen LogP contribution in [0.3, 0.4) is 0 Å². The molecule has 0 saturated carbocycles. The number of anilines is 1. The van der Waals surface area contributed by atoms with Crippen molar-refractivity contribution in [2.45, 2.75) is 90.6 Å². The molecular weight excluding hydrogens is 532 g/mol. The quantitative estimate of drug-likeness (QED) is 0.223. The van der Waals surface area contributed by atoms with E-state index in [0.717, 1.165) is 0 Å². The number of likely N-dealkylation sites (N-methyl/N-ethyl adjacent to an activating group) is 1. The number of hydrogen-bond donors (Lipinski definition) is 4. The fourth-order valence-corrected chi connectivity index (χ4v) is 4.53. The van der Waals surface area contributed by atoms with E-state index in [1.807, 2.05) is 34.6 Å². The molecule has 2 heterocycles. The zero-order chi connectivity index (χ0) is 30.4. The predicted molar refractivity (Wildman–Crippen MR) is 157 cm³/mol. The predicted octanol–water partition coefficient (Wildman–Crippen LogP) is 2.83. The van der Waals surface area contributed by atoms with Gasteiger partial charge in [0.25, 0.3) is 5.91 Å². The molecule has 0 unspecified atom stereocenters. The normalized spacial score (nSPS) is 17.4. The number of rotatable bonds is 12. The number of aromatic nitrogens is 1. The van der Waals surface area contributed by atoms with Gasteiger partial charge in [0.1, 0.15) is 23.4 Å². The van der Waals surface area contributed by atoms with Gasteiger partial charge in [-0.25, -0.2) is 9.78 Å². The maximum absolute atomic E-state index is 13.4. The largest absolute Gasteiger partial charge is 0.343 e. The number of urea groups is 1. The molecule has 12 heteroatoms. The van der Waals surface area contributed by atoms with Crippen molar-refractivity contribution in [2.24, 2.45) is 11.3 Å². The molecule has 40 heavy (non-hydrogen) atoms. The van der Waals surface area contributed by atoms with E-state index in [0.29, 0.717) is 25.1 Å². The molecule has 1 aromatic heterocycles. The van der Waals surface area contributed by atoms with Crippen LogP contribution in [0.5, 0.6) is 0 Å². The summed E-state index contributed by atoms with van der Waals surface area (Å²) in [7, 11) is 1.58. The fourth-order valence-electron chi connectivity index (χ4n) is 4.28. The lowest BCUT2D eigenvalue weighted by Crippen LogP contribution is -2.57. The Hall–Kier alpha value is -3.15. The second-order valence-electron chi connectivity index (χ2n) is 12.2. The van der Waals surface area contributed by atoms with Gasteiger partial charge < -0.3 is 20.9 Å². The zero-order valence-electron chi connectivity index (χ0n) is 24.8. The van der Waals surface area contributed by atoms with Crippen LogP contribution in [-0.4, -0.2) is 80.9 Å². The number of nitrogens with one attached hydrogen (secondary N) is 3. The molecule has 0 radical (unpaired) electrons. The summed E-state index contributed by atoms with van der Waals surface area (Å²) < 4.78 is 0. The second-order valence-corrected chi connectivity index (χ2v) is 12.8. The molecule has 0 aliphatic carbocycles. The van der Waals surface area contributed by atoms with E-state index < -0.39 is 46.0 Å². The van der Waals surface area contributed by atoms with Gasteiger partial charge in [-0.05, 0) is 56.6 Å². The average Bonchev–Trinajstić information content (AvgIpc) is 3.00. The summed E-state index contributed by atoms with van der Waals surface area (Å²) in [4.78, 5) is 71.2. The molecule has 1 aromatic rings. The van der Waals surface area contributed by atoms with Crippen molar-refractivity contribution in [1.82, 2.24) is 25.4 Å². The Morgan fingerprint density at radius 2 is 1.70 bits per heavy atom. The van der Waals surface area contributed by atoms with E-state index in [9.17, 15) is 24.0 Å². The summed E-state index contributed by atoms with van der Waals surface area (Å²) in [5.74, 6) is -1.16. The minimum Gasteiger partial charge on any atom is -0.343 e. The molecule has 3 N–H and O–H groups in total. The van der Waals surface area contributed by atoms with Crippen molar-refractivity contribution in [3.8, 4) is 0 Å². The topological polar surface area (TPSA) is 141 Å². The molecule has 0 bridgehead atoms. The van der Waals surface area contributed by atoms with Gasteiger partial charge in [-0.1, -0.05) is 40.7 Å². The number of amides is 6. The Balaban J connectivity index is 2.02.